The Kier molecular flexibility index (Phi) is 2.79. The highest BCUT2D eigenvalue weighted by molar-refractivity contribution is 5.88. The van der Waals surface area contributed by atoms with E-state index in [1.54, 1.807) is 13.8 Å². The molecule has 0 saturated carbocycles. The van der Waals surface area contributed by atoms with Crippen LogP contribution in [-0.4, -0.2) is 15.9 Å². The highest BCUT2D eigenvalue weighted by atomic mass is 16.5. The lowest BCUT2D eigenvalue weighted by Gasteiger charge is -1.97. The molecule has 5 nitrogen and oxygen atoms in total. The molecule has 0 bridgehead atoms. The molecule has 1 rings (SSSR count). The summed E-state index contributed by atoms with van der Waals surface area (Å²) >= 11 is 0. The van der Waals surface area contributed by atoms with E-state index in [1.165, 1.54) is 13.0 Å². The number of ketones is 1. The topological polar surface area (TPSA) is 68.0 Å². The Labute approximate surface area is 75.8 Å². The van der Waals surface area contributed by atoms with E-state index in [2.05, 4.69) is 15.5 Å². The van der Waals surface area contributed by atoms with Crippen LogP contribution in [0.1, 0.15) is 19.7 Å². The number of allylic oxidation sites excluding steroid dienone is 2. The zero-order valence-corrected chi connectivity index (χ0v) is 7.79. The number of carbonyl (C=O) groups is 1. The molecule has 1 aromatic heterocycles. The standard InChI is InChI=1S/C8H11N3O2/c1-5(4-6(2)12)9-8-10-7(3)13-11-8/h4H,1-3H3,(H,9,11)/b5-4+. The van der Waals surface area contributed by atoms with Crippen molar-refractivity contribution in [2.75, 3.05) is 5.32 Å². The van der Waals surface area contributed by atoms with Gasteiger partial charge in [-0.05, 0) is 25.1 Å². The zero-order valence-electron chi connectivity index (χ0n) is 7.79. The van der Waals surface area contributed by atoms with Crippen LogP contribution < -0.4 is 5.32 Å². The monoisotopic (exact) mass is 181 g/mol. The van der Waals surface area contributed by atoms with Crippen molar-refractivity contribution in [3.8, 4) is 0 Å². The molecular formula is C8H11N3O2. The van der Waals surface area contributed by atoms with Gasteiger partial charge in [0.1, 0.15) is 0 Å². The van der Waals surface area contributed by atoms with Crippen LogP contribution in [0.3, 0.4) is 0 Å². The van der Waals surface area contributed by atoms with Crippen molar-refractivity contribution < 1.29 is 9.32 Å². The maximum atomic E-state index is 10.7. The van der Waals surface area contributed by atoms with Crippen molar-refractivity contribution in [3.63, 3.8) is 0 Å². The summed E-state index contributed by atoms with van der Waals surface area (Å²) in [6, 6.07) is 0. The molecule has 1 aromatic rings. The van der Waals surface area contributed by atoms with Crippen LogP contribution in [-0.2, 0) is 4.79 Å². The summed E-state index contributed by atoms with van der Waals surface area (Å²) in [7, 11) is 0. The molecule has 13 heavy (non-hydrogen) atoms. The van der Waals surface area contributed by atoms with Crippen LogP contribution in [0.4, 0.5) is 5.95 Å². The predicted octanol–water partition coefficient (Wildman–Crippen LogP) is 1.28. The van der Waals surface area contributed by atoms with Crippen molar-refractivity contribution in [2.45, 2.75) is 20.8 Å². The normalized spacial score (nSPS) is 11.5. The van der Waals surface area contributed by atoms with Crippen molar-refractivity contribution in [2.24, 2.45) is 0 Å². The third-order valence-electron chi connectivity index (χ3n) is 1.26. The maximum absolute atomic E-state index is 10.7. The molecule has 0 saturated heterocycles. The smallest absolute Gasteiger partial charge is 0.267 e. The number of aryl methyl sites for hydroxylation is 1. The second-order valence-corrected chi connectivity index (χ2v) is 2.70. The number of hydrogen-bond donors (Lipinski definition) is 1. The summed E-state index contributed by atoms with van der Waals surface area (Å²) in [5.41, 5.74) is 0.688. The minimum Gasteiger partial charge on any atom is -0.338 e. The molecule has 0 aliphatic rings. The van der Waals surface area contributed by atoms with Crippen LogP contribution in [0.2, 0.25) is 0 Å². The predicted molar refractivity (Wildman–Crippen MR) is 47.1 cm³/mol. The summed E-state index contributed by atoms with van der Waals surface area (Å²) in [6.07, 6.45) is 1.46. The molecule has 0 aliphatic heterocycles. The van der Waals surface area contributed by atoms with Gasteiger partial charge in [0.05, 0.1) is 0 Å². The van der Waals surface area contributed by atoms with E-state index in [0.717, 1.165) is 0 Å². The van der Waals surface area contributed by atoms with Gasteiger partial charge in [0, 0.05) is 12.6 Å². The van der Waals surface area contributed by atoms with Crippen LogP contribution in [0.15, 0.2) is 16.3 Å². The van der Waals surface area contributed by atoms with Crippen LogP contribution in [0, 0.1) is 6.92 Å². The zero-order chi connectivity index (χ0) is 9.84. The maximum Gasteiger partial charge on any atom is 0.267 e. The number of aromatic nitrogens is 2. The van der Waals surface area contributed by atoms with E-state index in [4.69, 9.17) is 4.52 Å². The Hall–Kier alpha value is -1.65. The van der Waals surface area contributed by atoms with Gasteiger partial charge >= 0.3 is 0 Å². The number of nitrogens with one attached hydrogen (secondary N) is 1. The number of rotatable bonds is 3. The van der Waals surface area contributed by atoms with Crippen LogP contribution in [0.5, 0.6) is 0 Å². The minimum atomic E-state index is -0.0229. The minimum absolute atomic E-state index is 0.0229. The Bertz CT molecular complexity index is 341. The third kappa shape index (κ3) is 3.06. The van der Waals surface area contributed by atoms with Crippen molar-refractivity contribution in [1.82, 2.24) is 10.1 Å². The molecule has 0 atom stereocenters. The fourth-order valence-corrected chi connectivity index (χ4v) is 0.867. The molecule has 0 aromatic carbocycles. The Morgan fingerprint density at radius 3 is 2.69 bits per heavy atom. The van der Waals surface area contributed by atoms with Crippen molar-refractivity contribution in [3.05, 3.63) is 17.7 Å². The number of carbonyl (C=O) groups excluding carboxylic acids is 1. The summed E-state index contributed by atoms with van der Waals surface area (Å²) < 4.78 is 4.73. The summed E-state index contributed by atoms with van der Waals surface area (Å²) in [6.45, 7) is 4.93. The number of hydrogen-bond acceptors (Lipinski definition) is 5. The van der Waals surface area contributed by atoms with Crippen molar-refractivity contribution in [1.29, 1.82) is 0 Å². The first-order chi connectivity index (χ1) is 6.08. The summed E-state index contributed by atoms with van der Waals surface area (Å²) in [4.78, 5) is 14.6. The molecule has 0 radical (unpaired) electrons. The van der Waals surface area contributed by atoms with Gasteiger partial charge < -0.3 is 9.84 Å². The van der Waals surface area contributed by atoms with Gasteiger partial charge in [0.15, 0.2) is 5.78 Å². The lowest BCUT2D eigenvalue weighted by molar-refractivity contribution is -0.112. The average molecular weight is 181 g/mol. The Morgan fingerprint density at radius 2 is 2.23 bits per heavy atom. The van der Waals surface area contributed by atoms with E-state index in [-0.39, 0.29) is 5.78 Å². The quantitative estimate of drug-likeness (QED) is 0.711. The third-order valence-corrected chi connectivity index (χ3v) is 1.26. The summed E-state index contributed by atoms with van der Waals surface area (Å²) in [5, 5.41) is 6.43. The molecule has 0 spiro atoms. The van der Waals surface area contributed by atoms with Gasteiger partial charge in [0.25, 0.3) is 5.95 Å². The van der Waals surface area contributed by atoms with Gasteiger partial charge in [0.2, 0.25) is 5.89 Å². The van der Waals surface area contributed by atoms with E-state index in [9.17, 15) is 4.79 Å². The van der Waals surface area contributed by atoms with Gasteiger partial charge in [-0.25, -0.2) is 0 Å². The highest BCUT2D eigenvalue weighted by Crippen LogP contribution is 2.04. The van der Waals surface area contributed by atoms with E-state index < -0.39 is 0 Å². The number of anilines is 1. The van der Waals surface area contributed by atoms with Crippen molar-refractivity contribution >= 4 is 11.7 Å². The van der Waals surface area contributed by atoms with Gasteiger partial charge in [-0.15, -0.1) is 0 Å². The largest absolute Gasteiger partial charge is 0.338 e. The molecular weight excluding hydrogens is 170 g/mol. The van der Waals surface area contributed by atoms with E-state index >= 15 is 0 Å². The first kappa shape index (κ1) is 9.44. The molecule has 5 heteroatoms. The number of nitrogens with zero attached hydrogens (tertiary/aromatic N) is 2. The fourth-order valence-electron chi connectivity index (χ4n) is 0.867. The SMILES string of the molecule is CC(=O)/C=C(\C)Nc1noc(C)n1. The first-order valence-electron chi connectivity index (χ1n) is 3.84. The Balaban J connectivity index is 2.64. The molecule has 0 unspecified atom stereocenters. The molecule has 1 N–H and O–H groups in total. The van der Waals surface area contributed by atoms with E-state index in [1.807, 2.05) is 0 Å². The second-order valence-electron chi connectivity index (χ2n) is 2.70. The highest BCUT2D eigenvalue weighted by Gasteiger charge is 2.01. The van der Waals surface area contributed by atoms with Crippen LogP contribution in [0.25, 0.3) is 0 Å². The molecule has 0 aliphatic carbocycles. The Morgan fingerprint density at radius 1 is 1.54 bits per heavy atom. The molecule has 1 heterocycles. The fraction of sp³-hybridized carbons (Fsp3) is 0.375. The van der Waals surface area contributed by atoms with Gasteiger partial charge in [-0.2, -0.15) is 4.98 Å². The molecule has 0 fully saturated rings. The summed E-state index contributed by atoms with van der Waals surface area (Å²) in [5.74, 6) is 0.829. The van der Waals surface area contributed by atoms with Gasteiger partial charge in [-0.1, -0.05) is 0 Å². The first-order valence-corrected chi connectivity index (χ1v) is 3.84. The van der Waals surface area contributed by atoms with E-state index in [0.29, 0.717) is 17.5 Å². The second kappa shape index (κ2) is 3.84. The lowest BCUT2D eigenvalue weighted by atomic mass is 10.3. The lowest BCUT2D eigenvalue weighted by Crippen LogP contribution is -1.99. The van der Waals surface area contributed by atoms with Crippen LogP contribution >= 0.6 is 0 Å². The molecule has 70 valence electrons. The average Bonchev–Trinajstić information content (AvgIpc) is 2.33. The molecule has 0 amide bonds. The van der Waals surface area contributed by atoms with Gasteiger partial charge in [-0.3, -0.25) is 4.79 Å².